The Labute approximate surface area is 232 Å². The molecule has 39 heavy (non-hydrogen) atoms. The molecule has 202 valence electrons. The molecule has 0 saturated heterocycles. The number of amides is 2. The lowest BCUT2D eigenvalue weighted by atomic mass is 9.92. The first-order valence-corrected chi connectivity index (χ1v) is 12.9. The molecule has 0 aliphatic carbocycles. The molecule has 0 bridgehead atoms. The lowest BCUT2D eigenvalue weighted by Crippen LogP contribution is -2.43. The molecule has 12 heteroatoms. The van der Waals surface area contributed by atoms with Crippen molar-refractivity contribution in [3.63, 3.8) is 0 Å². The van der Waals surface area contributed by atoms with E-state index in [0.717, 1.165) is 16.0 Å². The van der Waals surface area contributed by atoms with Gasteiger partial charge in [-0.3, -0.25) is 14.7 Å². The third kappa shape index (κ3) is 5.60. The van der Waals surface area contributed by atoms with Crippen molar-refractivity contribution in [3.8, 4) is 0 Å². The van der Waals surface area contributed by atoms with Crippen LogP contribution < -0.4 is 0 Å². The van der Waals surface area contributed by atoms with Gasteiger partial charge in [0, 0.05) is 36.5 Å². The number of aromatic nitrogens is 2. The maximum absolute atomic E-state index is 13.4. The summed E-state index contributed by atoms with van der Waals surface area (Å²) in [5.74, 6) is -2.02. The van der Waals surface area contributed by atoms with E-state index in [0.29, 0.717) is 50.7 Å². The Bertz CT molecular complexity index is 1540. The highest BCUT2D eigenvalue weighted by molar-refractivity contribution is 6.35. The number of alkyl halides is 3. The second-order valence-electron chi connectivity index (χ2n) is 9.66. The molecular formula is C27H22Cl2F3N5O2. The molecule has 0 fully saturated rings. The SMILES string of the molecule is [C-]#[N+]c1cc(Cl)ccc1C1=CCN(C(=O)C[C@@H]2Cc3cc(Cl)c4[nH]ncc4c3CN(CC(F)(F)F)C2=O)CC1. The Morgan fingerprint density at radius 2 is 2.05 bits per heavy atom. The summed E-state index contributed by atoms with van der Waals surface area (Å²) in [4.78, 5) is 32.5. The van der Waals surface area contributed by atoms with Crippen LogP contribution in [-0.4, -0.2) is 57.6 Å². The maximum Gasteiger partial charge on any atom is 0.406 e. The molecule has 3 aromatic rings. The largest absolute Gasteiger partial charge is 0.406 e. The van der Waals surface area contributed by atoms with E-state index in [2.05, 4.69) is 15.0 Å². The van der Waals surface area contributed by atoms with Crippen LogP contribution in [0.25, 0.3) is 21.3 Å². The van der Waals surface area contributed by atoms with E-state index in [-0.39, 0.29) is 31.8 Å². The second-order valence-corrected chi connectivity index (χ2v) is 10.5. The highest BCUT2D eigenvalue weighted by Gasteiger charge is 2.39. The number of carbonyl (C=O) groups is 2. The van der Waals surface area contributed by atoms with E-state index in [9.17, 15) is 22.8 Å². The van der Waals surface area contributed by atoms with Gasteiger partial charge >= 0.3 is 6.18 Å². The predicted octanol–water partition coefficient (Wildman–Crippen LogP) is 6.19. The van der Waals surface area contributed by atoms with Crippen molar-refractivity contribution in [1.82, 2.24) is 20.0 Å². The average Bonchev–Trinajstić information content (AvgIpc) is 3.35. The Balaban J connectivity index is 1.38. The molecule has 0 radical (unpaired) electrons. The van der Waals surface area contributed by atoms with Crippen LogP contribution in [0.5, 0.6) is 0 Å². The van der Waals surface area contributed by atoms with E-state index in [1.807, 2.05) is 6.08 Å². The summed E-state index contributed by atoms with van der Waals surface area (Å²) >= 11 is 12.4. The van der Waals surface area contributed by atoms with Gasteiger partial charge in [0.25, 0.3) is 0 Å². The number of carbonyl (C=O) groups excluding carboxylic acids is 2. The Morgan fingerprint density at radius 1 is 1.26 bits per heavy atom. The highest BCUT2D eigenvalue weighted by atomic mass is 35.5. The lowest BCUT2D eigenvalue weighted by Gasteiger charge is -2.29. The molecule has 0 spiro atoms. The number of halogens is 5. The topological polar surface area (TPSA) is 73.7 Å². The van der Waals surface area contributed by atoms with Gasteiger partial charge in [-0.25, -0.2) is 4.85 Å². The number of benzene rings is 2. The molecule has 1 aromatic heterocycles. The number of nitrogens with zero attached hydrogens (tertiary/aromatic N) is 4. The van der Waals surface area contributed by atoms with Crippen LogP contribution >= 0.6 is 23.2 Å². The summed E-state index contributed by atoms with van der Waals surface area (Å²) in [6.07, 6.45) is -0.912. The molecule has 0 unspecified atom stereocenters. The van der Waals surface area contributed by atoms with E-state index in [1.54, 1.807) is 29.2 Å². The summed E-state index contributed by atoms with van der Waals surface area (Å²) in [7, 11) is 0. The monoisotopic (exact) mass is 575 g/mol. The number of H-pyrrole nitrogens is 1. The summed E-state index contributed by atoms with van der Waals surface area (Å²) in [6.45, 7) is 6.36. The van der Waals surface area contributed by atoms with Crippen LogP contribution in [0.4, 0.5) is 18.9 Å². The number of hydrogen-bond acceptors (Lipinski definition) is 3. The molecule has 2 aromatic carbocycles. The van der Waals surface area contributed by atoms with Crippen molar-refractivity contribution >= 4 is 57.2 Å². The van der Waals surface area contributed by atoms with Gasteiger partial charge in [0.05, 0.1) is 29.2 Å². The molecule has 3 heterocycles. The predicted molar refractivity (Wildman–Crippen MR) is 141 cm³/mol. The third-order valence-electron chi connectivity index (χ3n) is 7.15. The van der Waals surface area contributed by atoms with Gasteiger partial charge in [0.2, 0.25) is 11.8 Å². The Hall–Kier alpha value is -3.55. The molecule has 2 amide bonds. The zero-order valence-electron chi connectivity index (χ0n) is 20.5. The van der Waals surface area contributed by atoms with Crippen LogP contribution in [0.1, 0.15) is 29.5 Å². The van der Waals surface area contributed by atoms with Gasteiger partial charge in [-0.15, -0.1) is 0 Å². The number of aromatic amines is 1. The molecule has 7 nitrogen and oxygen atoms in total. The van der Waals surface area contributed by atoms with Gasteiger partial charge in [-0.2, -0.15) is 18.3 Å². The van der Waals surface area contributed by atoms with Gasteiger partial charge < -0.3 is 9.80 Å². The smallest absolute Gasteiger partial charge is 0.339 e. The molecule has 5 rings (SSSR count). The van der Waals surface area contributed by atoms with E-state index in [4.69, 9.17) is 29.8 Å². The third-order valence-corrected chi connectivity index (χ3v) is 7.68. The first-order chi connectivity index (χ1) is 18.5. The Morgan fingerprint density at radius 3 is 2.74 bits per heavy atom. The fourth-order valence-corrected chi connectivity index (χ4v) is 5.73. The van der Waals surface area contributed by atoms with Crippen molar-refractivity contribution in [1.29, 1.82) is 0 Å². The number of fused-ring (bicyclic) bond motifs is 3. The molecule has 1 atom stereocenters. The van der Waals surface area contributed by atoms with Crippen LogP contribution in [0, 0.1) is 12.5 Å². The molecule has 1 N–H and O–H groups in total. The molecule has 2 aliphatic rings. The first kappa shape index (κ1) is 27.0. The maximum atomic E-state index is 13.4. The first-order valence-electron chi connectivity index (χ1n) is 12.2. The minimum Gasteiger partial charge on any atom is -0.339 e. The van der Waals surface area contributed by atoms with Crippen molar-refractivity contribution in [2.45, 2.75) is 32.0 Å². The number of nitrogens with one attached hydrogen (secondary N) is 1. The standard InChI is InChI=1S/C27H22Cl2F3N5O2/c1-33-23-11-18(28)2-3-19(23)15-4-6-36(7-5-15)24(38)10-17-8-16-9-22(29)25-20(12-34-35-25)21(16)13-37(26(17)39)14-27(30,31)32/h2-4,9,11-12,17H,5-8,10,13-14H2,(H,34,35)/t17-/m0/s1. The minimum atomic E-state index is -4.60. The average molecular weight is 576 g/mol. The normalized spacial score (nSPS) is 18.0. The molecule has 0 saturated carbocycles. The van der Waals surface area contributed by atoms with Gasteiger partial charge in [0.15, 0.2) is 5.69 Å². The van der Waals surface area contributed by atoms with Crippen molar-refractivity contribution in [2.75, 3.05) is 19.6 Å². The van der Waals surface area contributed by atoms with Gasteiger partial charge in [-0.05, 0) is 47.7 Å². The van der Waals surface area contributed by atoms with Crippen LogP contribution in [0.15, 0.2) is 36.5 Å². The molecular weight excluding hydrogens is 554 g/mol. The fourth-order valence-electron chi connectivity index (χ4n) is 5.29. The fraction of sp³-hybridized carbons (Fsp3) is 0.333. The Kier molecular flexibility index (Phi) is 7.31. The van der Waals surface area contributed by atoms with Crippen LogP contribution in [0.2, 0.25) is 10.0 Å². The zero-order chi connectivity index (χ0) is 27.9. The zero-order valence-corrected chi connectivity index (χ0v) is 22.0. The summed E-state index contributed by atoms with van der Waals surface area (Å²) in [6, 6.07) is 6.71. The van der Waals surface area contributed by atoms with Crippen molar-refractivity contribution < 1.29 is 22.8 Å². The van der Waals surface area contributed by atoms with Gasteiger partial charge in [0.1, 0.15) is 6.54 Å². The molecule has 2 aliphatic heterocycles. The van der Waals surface area contributed by atoms with E-state index in [1.165, 1.54) is 6.20 Å². The lowest BCUT2D eigenvalue weighted by molar-refractivity contribution is -0.165. The van der Waals surface area contributed by atoms with Gasteiger partial charge in [-0.1, -0.05) is 40.9 Å². The van der Waals surface area contributed by atoms with E-state index < -0.39 is 24.5 Å². The minimum absolute atomic E-state index is 0.0865. The second kappa shape index (κ2) is 10.5. The van der Waals surface area contributed by atoms with Crippen LogP contribution in [-0.2, 0) is 22.6 Å². The van der Waals surface area contributed by atoms with Crippen LogP contribution in [0.3, 0.4) is 0 Å². The van der Waals surface area contributed by atoms with Crippen molar-refractivity contribution in [2.24, 2.45) is 5.92 Å². The number of rotatable bonds is 4. The summed E-state index contributed by atoms with van der Waals surface area (Å²) in [5.41, 5.74) is 3.74. The number of hydrogen-bond donors (Lipinski definition) is 1. The summed E-state index contributed by atoms with van der Waals surface area (Å²) < 4.78 is 40.3. The van der Waals surface area contributed by atoms with Crippen molar-refractivity contribution in [3.05, 3.63) is 74.7 Å². The van der Waals surface area contributed by atoms with E-state index >= 15 is 0 Å². The highest BCUT2D eigenvalue weighted by Crippen LogP contribution is 2.36. The summed E-state index contributed by atoms with van der Waals surface area (Å²) in [5, 5.41) is 8.07. The quantitative estimate of drug-likeness (QED) is 0.377.